The molecule has 0 aromatic carbocycles. The van der Waals surface area contributed by atoms with Gasteiger partial charge in [-0.25, -0.2) is 14.8 Å². The SMILES string of the molecule is O=C(O)c1nc(-c2ccc(Br)cn2)ncc1Br. The van der Waals surface area contributed by atoms with Crippen LogP contribution >= 0.6 is 31.9 Å². The second kappa shape index (κ2) is 4.89. The fourth-order valence-electron chi connectivity index (χ4n) is 1.15. The number of aromatic carboxylic acids is 1. The molecule has 86 valence electrons. The van der Waals surface area contributed by atoms with Gasteiger partial charge in [-0.3, -0.25) is 4.98 Å². The first-order chi connectivity index (χ1) is 8.08. The molecular weight excluding hydrogens is 354 g/mol. The van der Waals surface area contributed by atoms with Gasteiger partial charge in [0.25, 0.3) is 0 Å². The van der Waals surface area contributed by atoms with Crippen LogP contribution in [0.5, 0.6) is 0 Å². The van der Waals surface area contributed by atoms with Gasteiger partial charge in [0.05, 0.1) is 4.47 Å². The molecule has 0 fully saturated rings. The van der Waals surface area contributed by atoms with Gasteiger partial charge in [0.1, 0.15) is 5.69 Å². The summed E-state index contributed by atoms with van der Waals surface area (Å²) in [6, 6.07) is 3.49. The van der Waals surface area contributed by atoms with Crippen molar-refractivity contribution < 1.29 is 9.90 Å². The largest absolute Gasteiger partial charge is 0.476 e. The number of carboxylic acid groups (broad SMARTS) is 1. The molecule has 0 radical (unpaired) electrons. The Bertz CT molecular complexity index is 572. The summed E-state index contributed by atoms with van der Waals surface area (Å²) in [6.07, 6.45) is 3.00. The number of hydrogen-bond acceptors (Lipinski definition) is 4. The van der Waals surface area contributed by atoms with Crippen molar-refractivity contribution in [3.63, 3.8) is 0 Å². The van der Waals surface area contributed by atoms with Gasteiger partial charge < -0.3 is 5.11 Å². The fraction of sp³-hybridized carbons (Fsp3) is 0. The number of pyridine rings is 1. The molecule has 17 heavy (non-hydrogen) atoms. The molecule has 0 unspecified atom stereocenters. The van der Waals surface area contributed by atoms with E-state index in [1.54, 1.807) is 18.3 Å². The molecule has 0 atom stereocenters. The lowest BCUT2D eigenvalue weighted by atomic mass is 10.3. The molecule has 5 nitrogen and oxygen atoms in total. The lowest BCUT2D eigenvalue weighted by molar-refractivity contribution is 0.0689. The first-order valence-electron chi connectivity index (χ1n) is 4.45. The van der Waals surface area contributed by atoms with Crippen LogP contribution in [0.3, 0.4) is 0 Å². The van der Waals surface area contributed by atoms with Crippen LogP contribution in [0, 0.1) is 0 Å². The average Bonchev–Trinajstić information content (AvgIpc) is 2.30. The maximum atomic E-state index is 10.9. The van der Waals surface area contributed by atoms with Crippen LogP contribution in [-0.2, 0) is 0 Å². The van der Waals surface area contributed by atoms with Gasteiger partial charge in [-0.05, 0) is 44.0 Å². The molecule has 0 bridgehead atoms. The number of nitrogens with zero attached hydrogens (tertiary/aromatic N) is 3. The van der Waals surface area contributed by atoms with Gasteiger partial charge in [-0.2, -0.15) is 0 Å². The van der Waals surface area contributed by atoms with E-state index in [0.29, 0.717) is 10.2 Å². The maximum absolute atomic E-state index is 10.9. The summed E-state index contributed by atoms with van der Waals surface area (Å²) in [5, 5.41) is 8.93. The Morgan fingerprint density at radius 3 is 2.53 bits per heavy atom. The Hall–Kier alpha value is -1.34. The van der Waals surface area contributed by atoms with E-state index >= 15 is 0 Å². The van der Waals surface area contributed by atoms with Crippen LogP contribution in [0.1, 0.15) is 10.5 Å². The van der Waals surface area contributed by atoms with Gasteiger partial charge in [-0.1, -0.05) is 0 Å². The average molecular weight is 359 g/mol. The Kier molecular flexibility index (Phi) is 3.49. The molecule has 1 N–H and O–H groups in total. The van der Waals surface area contributed by atoms with Crippen LogP contribution in [-0.4, -0.2) is 26.0 Å². The third kappa shape index (κ3) is 2.67. The van der Waals surface area contributed by atoms with Crippen LogP contribution in [0.25, 0.3) is 11.5 Å². The van der Waals surface area contributed by atoms with Gasteiger partial charge in [0.15, 0.2) is 11.5 Å². The highest BCUT2D eigenvalue weighted by atomic mass is 79.9. The lowest BCUT2D eigenvalue weighted by Gasteiger charge is -2.02. The molecule has 2 heterocycles. The summed E-state index contributed by atoms with van der Waals surface area (Å²) in [6.45, 7) is 0. The van der Waals surface area contributed by atoms with E-state index in [0.717, 1.165) is 4.47 Å². The van der Waals surface area contributed by atoms with E-state index < -0.39 is 5.97 Å². The number of hydrogen-bond donors (Lipinski definition) is 1. The number of rotatable bonds is 2. The molecular formula is C10H5Br2N3O2. The summed E-state index contributed by atoms with van der Waals surface area (Å²) >= 11 is 6.34. The summed E-state index contributed by atoms with van der Waals surface area (Å²) in [4.78, 5) is 23.0. The highest BCUT2D eigenvalue weighted by Gasteiger charge is 2.13. The van der Waals surface area contributed by atoms with Crippen molar-refractivity contribution in [1.29, 1.82) is 0 Å². The zero-order valence-electron chi connectivity index (χ0n) is 8.26. The van der Waals surface area contributed by atoms with Crippen molar-refractivity contribution in [2.45, 2.75) is 0 Å². The molecule has 0 saturated heterocycles. The second-order valence-corrected chi connectivity index (χ2v) is 4.83. The van der Waals surface area contributed by atoms with Crippen molar-refractivity contribution in [1.82, 2.24) is 15.0 Å². The standard InChI is InChI=1S/C10H5Br2N3O2/c11-5-1-2-7(13-3-5)9-14-4-6(12)8(15-9)10(16)17/h1-4H,(H,16,17). The first kappa shape index (κ1) is 12.1. The van der Waals surface area contributed by atoms with Crippen molar-refractivity contribution in [2.75, 3.05) is 0 Å². The lowest BCUT2D eigenvalue weighted by Crippen LogP contribution is -2.04. The van der Waals surface area contributed by atoms with Crippen LogP contribution < -0.4 is 0 Å². The molecule has 0 aliphatic rings. The third-order valence-corrected chi connectivity index (χ3v) is 2.95. The summed E-state index contributed by atoms with van der Waals surface area (Å²) in [5.74, 6) is -0.837. The topological polar surface area (TPSA) is 76.0 Å². The van der Waals surface area contributed by atoms with E-state index in [9.17, 15) is 4.79 Å². The fourth-order valence-corrected chi connectivity index (χ4v) is 1.74. The van der Waals surface area contributed by atoms with E-state index in [1.165, 1.54) is 6.20 Å². The highest BCUT2D eigenvalue weighted by molar-refractivity contribution is 9.10. The number of carboxylic acids is 1. The molecule has 7 heteroatoms. The Morgan fingerprint density at radius 2 is 1.94 bits per heavy atom. The predicted octanol–water partition coefficient (Wildman–Crippen LogP) is 2.76. The zero-order valence-corrected chi connectivity index (χ0v) is 11.4. The molecule has 2 aromatic heterocycles. The van der Waals surface area contributed by atoms with Gasteiger partial charge in [0, 0.05) is 16.9 Å². The van der Waals surface area contributed by atoms with Crippen LogP contribution in [0.4, 0.5) is 0 Å². The van der Waals surface area contributed by atoms with Crippen LogP contribution in [0.2, 0.25) is 0 Å². The molecule has 2 rings (SSSR count). The molecule has 0 aliphatic heterocycles. The number of aromatic nitrogens is 3. The molecule has 0 spiro atoms. The number of halogens is 2. The summed E-state index contributed by atoms with van der Waals surface area (Å²) in [5.41, 5.74) is 0.433. The molecule has 0 aliphatic carbocycles. The molecule has 2 aromatic rings. The Balaban J connectivity index is 2.50. The third-order valence-electron chi connectivity index (χ3n) is 1.90. The minimum absolute atomic E-state index is 0.0836. The first-order valence-corrected chi connectivity index (χ1v) is 6.04. The predicted molar refractivity (Wildman–Crippen MR) is 67.6 cm³/mol. The monoisotopic (exact) mass is 357 g/mol. The van der Waals surface area contributed by atoms with Crippen molar-refractivity contribution in [3.8, 4) is 11.5 Å². The smallest absolute Gasteiger partial charge is 0.355 e. The Labute approximate surface area is 113 Å². The van der Waals surface area contributed by atoms with Gasteiger partial charge >= 0.3 is 5.97 Å². The maximum Gasteiger partial charge on any atom is 0.355 e. The van der Waals surface area contributed by atoms with E-state index in [2.05, 4.69) is 46.8 Å². The van der Waals surface area contributed by atoms with Crippen molar-refractivity contribution >= 4 is 37.8 Å². The van der Waals surface area contributed by atoms with Crippen molar-refractivity contribution in [3.05, 3.63) is 39.2 Å². The molecule has 0 amide bonds. The summed E-state index contributed by atoms with van der Waals surface area (Å²) in [7, 11) is 0. The van der Waals surface area contributed by atoms with Gasteiger partial charge in [-0.15, -0.1) is 0 Å². The van der Waals surface area contributed by atoms with Crippen molar-refractivity contribution in [2.24, 2.45) is 0 Å². The minimum atomic E-state index is -1.11. The highest BCUT2D eigenvalue weighted by Crippen LogP contribution is 2.19. The quantitative estimate of drug-likeness (QED) is 0.893. The van der Waals surface area contributed by atoms with E-state index in [4.69, 9.17) is 5.11 Å². The number of carbonyl (C=O) groups is 1. The zero-order chi connectivity index (χ0) is 12.4. The summed E-state index contributed by atoms with van der Waals surface area (Å²) < 4.78 is 1.17. The normalized spacial score (nSPS) is 10.2. The van der Waals surface area contributed by atoms with Gasteiger partial charge in [0.2, 0.25) is 0 Å². The van der Waals surface area contributed by atoms with E-state index in [1.807, 2.05) is 0 Å². The Morgan fingerprint density at radius 1 is 1.18 bits per heavy atom. The second-order valence-electron chi connectivity index (χ2n) is 3.06. The minimum Gasteiger partial charge on any atom is -0.476 e. The van der Waals surface area contributed by atoms with Crippen LogP contribution in [0.15, 0.2) is 33.5 Å². The molecule has 0 saturated carbocycles. The van der Waals surface area contributed by atoms with E-state index in [-0.39, 0.29) is 11.5 Å².